The van der Waals surface area contributed by atoms with E-state index in [1.54, 1.807) is 6.07 Å². The van der Waals surface area contributed by atoms with Crippen LogP contribution in [-0.4, -0.2) is 24.2 Å². The Bertz CT molecular complexity index is 455. The summed E-state index contributed by atoms with van der Waals surface area (Å²) in [6, 6.07) is 4.38. The lowest BCUT2D eigenvalue weighted by atomic mass is 9.79. The van der Waals surface area contributed by atoms with Crippen LogP contribution in [0, 0.1) is 11.2 Å². The van der Waals surface area contributed by atoms with E-state index in [-0.39, 0.29) is 34.9 Å². The second kappa shape index (κ2) is 8.35. The highest BCUT2D eigenvalue weighted by Gasteiger charge is 2.26. The molecule has 0 heterocycles. The number of benzene rings is 1. The maximum Gasteiger partial charge on any atom is 0.224 e. The molecule has 118 valence electrons. The van der Waals surface area contributed by atoms with E-state index in [0.29, 0.717) is 13.0 Å². The standard InChI is InChI=1S/C16H23ClFNO2/c1-3-16(4-2,8-9-20)11-19-15(21)10-12-13(17)6-5-7-14(12)18/h5-7,20H,3-4,8-11H2,1-2H3,(H,19,21). The third-order valence-corrected chi connectivity index (χ3v) is 4.56. The summed E-state index contributed by atoms with van der Waals surface area (Å²) in [6.07, 6.45) is 2.30. The highest BCUT2D eigenvalue weighted by Crippen LogP contribution is 2.29. The number of carbonyl (C=O) groups excluding carboxylic acids is 1. The maximum absolute atomic E-state index is 13.6. The molecule has 0 spiro atoms. The molecule has 2 N–H and O–H groups in total. The number of carbonyl (C=O) groups is 1. The van der Waals surface area contributed by atoms with E-state index < -0.39 is 5.82 Å². The van der Waals surface area contributed by atoms with E-state index in [2.05, 4.69) is 5.32 Å². The fourth-order valence-corrected chi connectivity index (χ4v) is 2.62. The SMILES string of the molecule is CCC(CC)(CCO)CNC(=O)Cc1c(F)cccc1Cl. The van der Waals surface area contributed by atoms with Gasteiger partial charge >= 0.3 is 0 Å². The molecule has 0 aliphatic heterocycles. The van der Waals surface area contributed by atoms with Gasteiger partial charge in [-0.2, -0.15) is 0 Å². The third-order valence-electron chi connectivity index (χ3n) is 4.20. The highest BCUT2D eigenvalue weighted by atomic mass is 35.5. The van der Waals surface area contributed by atoms with E-state index in [0.717, 1.165) is 12.8 Å². The molecule has 3 nitrogen and oxygen atoms in total. The molecule has 0 aliphatic carbocycles. The summed E-state index contributed by atoms with van der Waals surface area (Å²) in [6.45, 7) is 4.65. The molecule has 0 radical (unpaired) electrons. The van der Waals surface area contributed by atoms with Crippen molar-refractivity contribution in [2.75, 3.05) is 13.2 Å². The zero-order valence-corrected chi connectivity index (χ0v) is 13.3. The molecule has 0 saturated heterocycles. The van der Waals surface area contributed by atoms with Crippen LogP contribution in [0.2, 0.25) is 5.02 Å². The minimum absolute atomic E-state index is 0.0753. The second-order valence-corrected chi connectivity index (χ2v) is 5.74. The van der Waals surface area contributed by atoms with Crippen LogP contribution in [0.25, 0.3) is 0 Å². The number of hydrogen-bond donors (Lipinski definition) is 2. The highest BCUT2D eigenvalue weighted by molar-refractivity contribution is 6.31. The lowest BCUT2D eigenvalue weighted by molar-refractivity contribution is -0.121. The van der Waals surface area contributed by atoms with Crippen molar-refractivity contribution in [2.45, 2.75) is 39.5 Å². The summed E-state index contributed by atoms with van der Waals surface area (Å²) < 4.78 is 13.6. The topological polar surface area (TPSA) is 49.3 Å². The number of halogens is 2. The van der Waals surface area contributed by atoms with Crippen LogP contribution >= 0.6 is 11.6 Å². The van der Waals surface area contributed by atoms with Crippen molar-refractivity contribution in [1.82, 2.24) is 5.32 Å². The van der Waals surface area contributed by atoms with Gasteiger partial charge in [0.05, 0.1) is 6.42 Å². The first-order valence-electron chi connectivity index (χ1n) is 7.28. The van der Waals surface area contributed by atoms with Crippen LogP contribution in [0.15, 0.2) is 18.2 Å². The van der Waals surface area contributed by atoms with Gasteiger partial charge in [-0.1, -0.05) is 31.5 Å². The predicted molar refractivity (Wildman–Crippen MR) is 82.8 cm³/mol. The Morgan fingerprint density at radius 3 is 2.57 bits per heavy atom. The van der Waals surface area contributed by atoms with Crippen LogP contribution in [0.4, 0.5) is 4.39 Å². The molecule has 0 fully saturated rings. The summed E-state index contributed by atoms with van der Waals surface area (Å²) in [5.74, 6) is -0.725. The molecular formula is C16H23ClFNO2. The van der Waals surface area contributed by atoms with Gasteiger partial charge in [-0.05, 0) is 36.8 Å². The van der Waals surface area contributed by atoms with Gasteiger partial charge in [-0.25, -0.2) is 4.39 Å². The van der Waals surface area contributed by atoms with Gasteiger partial charge in [0.15, 0.2) is 0 Å². The van der Waals surface area contributed by atoms with Gasteiger partial charge in [0.1, 0.15) is 5.82 Å². The monoisotopic (exact) mass is 315 g/mol. The van der Waals surface area contributed by atoms with Crippen LogP contribution < -0.4 is 5.32 Å². The predicted octanol–water partition coefficient (Wildman–Crippen LogP) is 3.33. The first-order chi connectivity index (χ1) is 9.98. The molecule has 0 bridgehead atoms. The molecule has 0 aliphatic rings. The molecule has 0 aromatic heterocycles. The summed E-state index contributed by atoms with van der Waals surface area (Å²) in [4.78, 5) is 12.0. The van der Waals surface area contributed by atoms with Gasteiger partial charge in [-0.3, -0.25) is 4.79 Å². The Hall–Kier alpha value is -1.13. The lowest BCUT2D eigenvalue weighted by Crippen LogP contribution is -2.38. The lowest BCUT2D eigenvalue weighted by Gasteiger charge is -2.31. The smallest absolute Gasteiger partial charge is 0.224 e. The largest absolute Gasteiger partial charge is 0.396 e. The van der Waals surface area contributed by atoms with Crippen molar-refractivity contribution in [2.24, 2.45) is 5.41 Å². The fraction of sp³-hybridized carbons (Fsp3) is 0.562. The minimum atomic E-state index is -0.467. The normalized spacial score (nSPS) is 11.5. The van der Waals surface area contributed by atoms with Gasteiger partial charge in [0, 0.05) is 23.7 Å². The van der Waals surface area contributed by atoms with Crippen molar-refractivity contribution in [1.29, 1.82) is 0 Å². The molecule has 1 aromatic carbocycles. The Labute approximate surface area is 130 Å². The Morgan fingerprint density at radius 1 is 1.38 bits per heavy atom. The van der Waals surface area contributed by atoms with E-state index in [9.17, 15) is 9.18 Å². The maximum atomic E-state index is 13.6. The van der Waals surface area contributed by atoms with Crippen molar-refractivity contribution < 1.29 is 14.3 Å². The van der Waals surface area contributed by atoms with Gasteiger partial charge in [-0.15, -0.1) is 0 Å². The van der Waals surface area contributed by atoms with E-state index >= 15 is 0 Å². The van der Waals surface area contributed by atoms with E-state index in [4.69, 9.17) is 16.7 Å². The number of hydrogen-bond acceptors (Lipinski definition) is 2. The Morgan fingerprint density at radius 2 is 2.05 bits per heavy atom. The number of aliphatic hydroxyl groups excluding tert-OH is 1. The van der Waals surface area contributed by atoms with Crippen molar-refractivity contribution in [3.63, 3.8) is 0 Å². The molecule has 1 aromatic rings. The fourth-order valence-electron chi connectivity index (χ4n) is 2.39. The summed E-state index contributed by atoms with van der Waals surface area (Å²) in [5, 5.41) is 12.3. The second-order valence-electron chi connectivity index (χ2n) is 5.33. The zero-order chi connectivity index (χ0) is 15.9. The van der Waals surface area contributed by atoms with E-state index in [1.165, 1.54) is 12.1 Å². The first kappa shape index (κ1) is 17.9. The molecule has 1 amide bonds. The van der Waals surface area contributed by atoms with Crippen LogP contribution in [0.1, 0.15) is 38.7 Å². The average Bonchev–Trinajstić information content (AvgIpc) is 2.47. The molecule has 21 heavy (non-hydrogen) atoms. The number of aliphatic hydroxyl groups is 1. The molecule has 0 saturated carbocycles. The van der Waals surface area contributed by atoms with Crippen LogP contribution in [-0.2, 0) is 11.2 Å². The van der Waals surface area contributed by atoms with Gasteiger partial charge in [0.2, 0.25) is 5.91 Å². The van der Waals surface area contributed by atoms with Crippen LogP contribution in [0.3, 0.4) is 0 Å². The minimum Gasteiger partial charge on any atom is -0.396 e. The zero-order valence-electron chi connectivity index (χ0n) is 12.6. The molecule has 5 heteroatoms. The number of amides is 1. The third kappa shape index (κ3) is 4.97. The van der Waals surface area contributed by atoms with Gasteiger partial charge in [0.25, 0.3) is 0 Å². The van der Waals surface area contributed by atoms with Gasteiger partial charge < -0.3 is 10.4 Å². The summed E-state index contributed by atoms with van der Waals surface area (Å²) >= 11 is 5.91. The van der Waals surface area contributed by atoms with Crippen LogP contribution in [0.5, 0.6) is 0 Å². The van der Waals surface area contributed by atoms with Crippen molar-refractivity contribution >= 4 is 17.5 Å². The first-order valence-corrected chi connectivity index (χ1v) is 7.66. The molecule has 0 unspecified atom stereocenters. The summed E-state index contributed by atoms with van der Waals surface area (Å²) in [7, 11) is 0. The Balaban J connectivity index is 2.65. The van der Waals surface area contributed by atoms with Crippen molar-refractivity contribution in [3.05, 3.63) is 34.6 Å². The Kier molecular flexibility index (Phi) is 7.12. The van der Waals surface area contributed by atoms with Crippen molar-refractivity contribution in [3.8, 4) is 0 Å². The quantitative estimate of drug-likeness (QED) is 0.773. The summed E-state index contributed by atoms with van der Waals surface area (Å²) in [5.41, 5.74) is 0.112. The average molecular weight is 316 g/mol. The number of nitrogens with one attached hydrogen (secondary N) is 1. The molecular weight excluding hydrogens is 293 g/mol. The molecule has 0 atom stereocenters. The van der Waals surface area contributed by atoms with E-state index in [1.807, 2.05) is 13.8 Å². The molecule has 1 rings (SSSR count). The number of rotatable bonds is 8.